The van der Waals surface area contributed by atoms with Crippen LogP contribution in [0.2, 0.25) is 0 Å². The Morgan fingerprint density at radius 1 is 1.10 bits per heavy atom. The van der Waals surface area contributed by atoms with E-state index in [4.69, 9.17) is 0 Å². The molecule has 1 aliphatic rings. The van der Waals surface area contributed by atoms with Crippen LogP contribution in [0.25, 0.3) is 10.9 Å². The number of nitrogens with zero attached hydrogens (tertiary/aromatic N) is 4. The highest BCUT2D eigenvalue weighted by molar-refractivity contribution is 5.79. The molecule has 0 radical (unpaired) electrons. The van der Waals surface area contributed by atoms with Crippen molar-refractivity contribution in [2.75, 3.05) is 0 Å². The topological polar surface area (TPSA) is 81.8 Å². The molecule has 7 nitrogen and oxygen atoms in total. The van der Waals surface area contributed by atoms with Gasteiger partial charge in [0.1, 0.15) is 6.54 Å². The van der Waals surface area contributed by atoms with Gasteiger partial charge in [-0.3, -0.25) is 18.8 Å². The van der Waals surface area contributed by atoms with Gasteiger partial charge in [-0.15, -0.1) is 0 Å². The molecule has 2 aromatic heterocycles. The zero-order valence-electron chi connectivity index (χ0n) is 17.1. The molecule has 5 rings (SSSR count). The van der Waals surface area contributed by atoms with Crippen LogP contribution < -0.4 is 10.9 Å². The number of para-hydroxylation sites is 1. The molecule has 1 atom stereocenters. The summed E-state index contributed by atoms with van der Waals surface area (Å²) in [7, 11) is 0. The second-order valence-electron chi connectivity index (χ2n) is 7.90. The number of amides is 1. The highest BCUT2D eigenvalue weighted by Gasteiger charge is 2.25. The maximum absolute atomic E-state index is 12.8. The minimum absolute atomic E-state index is 0.0549. The lowest BCUT2D eigenvalue weighted by Gasteiger charge is -2.24. The molecule has 1 N–H and O–H groups in total. The zero-order valence-corrected chi connectivity index (χ0v) is 17.1. The van der Waals surface area contributed by atoms with Gasteiger partial charge < -0.3 is 5.32 Å². The molecule has 31 heavy (non-hydrogen) atoms. The molecule has 0 aliphatic heterocycles. The van der Waals surface area contributed by atoms with E-state index in [1.54, 1.807) is 18.2 Å². The Balaban J connectivity index is 1.32. The summed E-state index contributed by atoms with van der Waals surface area (Å²) in [5.41, 5.74) is 3.86. The molecule has 2 heterocycles. The predicted octanol–water partition coefficient (Wildman–Crippen LogP) is 2.84. The minimum Gasteiger partial charge on any atom is -0.348 e. The van der Waals surface area contributed by atoms with Crippen molar-refractivity contribution in [1.29, 1.82) is 0 Å². The molecule has 0 bridgehead atoms. The van der Waals surface area contributed by atoms with E-state index in [-0.39, 0.29) is 24.1 Å². The van der Waals surface area contributed by atoms with E-state index in [1.807, 2.05) is 35.1 Å². The lowest BCUT2D eigenvalue weighted by Crippen LogP contribution is -2.36. The quantitative estimate of drug-likeness (QED) is 0.546. The van der Waals surface area contributed by atoms with Gasteiger partial charge in [0.05, 0.1) is 36.0 Å². The Morgan fingerprint density at radius 3 is 2.77 bits per heavy atom. The van der Waals surface area contributed by atoms with E-state index in [9.17, 15) is 9.59 Å². The highest BCUT2D eigenvalue weighted by atomic mass is 16.2. The Labute approximate surface area is 179 Å². The molecule has 7 heteroatoms. The van der Waals surface area contributed by atoms with Crippen molar-refractivity contribution in [3.8, 4) is 0 Å². The summed E-state index contributed by atoms with van der Waals surface area (Å²) < 4.78 is 3.39. The SMILES string of the molecule is O=C(Cn1cnc2ccccc2c1=O)NC1CCCc2c1cnn2Cc1ccccc1. The van der Waals surface area contributed by atoms with Crippen LogP contribution in [0.15, 0.2) is 71.9 Å². The number of nitrogens with one attached hydrogen (secondary N) is 1. The molecule has 0 saturated carbocycles. The molecule has 0 saturated heterocycles. The van der Waals surface area contributed by atoms with E-state index < -0.39 is 0 Å². The van der Waals surface area contributed by atoms with Crippen LogP contribution in [-0.2, 0) is 24.3 Å². The second kappa shape index (κ2) is 8.18. The van der Waals surface area contributed by atoms with Gasteiger partial charge in [-0.25, -0.2) is 4.98 Å². The predicted molar refractivity (Wildman–Crippen MR) is 118 cm³/mol. The smallest absolute Gasteiger partial charge is 0.261 e. The van der Waals surface area contributed by atoms with Gasteiger partial charge in [-0.2, -0.15) is 5.10 Å². The maximum atomic E-state index is 12.8. The third kappa shape index (κ3) is 3.86. The molecule has 1 aliphatic carbocycles. The standard InChI is InChI=1S/C24H23N5O2/c30-23(15-28-16-25-20-10-5-4-9-18(20)24(28)31)27-21-11-6-12-22-19(21)13-26-29(22)14-17-7-2-1-3-8-17/h1-5,7-10,13,16,21H,6,11-12,14-15H2,(H,27,30). The average Bonchev–Trinajstić information content (AvgIpc) is 3.20. The first-order valence-electron chi connectivity index (χ1n) is 10.5. The van der Waals surface area contributed by atoms with Gasteiger partial charge in [0.25, 0.3) is 5.56 Å². The van der Waals surface area contributed by atoms with Gasteiger partial charge >= 0.3 is 0 Å². The molecular weight excluding hydrogens is 390 g/mol. The van der Waals surface area contributed by atoms with E-state index in [0.29, 0.717) is 10.9 Å². The summed E-state index contributed by atoms with van der Waals surface area (Å²) in [5.74, 6) is -0.201. The molecule has 0 spiro atoms. The Kier molecular flexibility index (Phi) is 5.08. The van der Waals surface area contributed by atoms with Crippen LogP contribution in [0.4, 0.5) is 0 Å². The molecular formula is C24H23N5O2. The largest absolute Gasteiger partial charge is 0.348 e. The summed E-state index contributed by atoms with van der Waals surface area (Å²) in [6.45, 7) is 0.662. The van der Waals surface area contributed by atoms with Gasteiger partial charge in [-0.05, 0) is 37.0 Å². The first-order chi connectivity index (χ1) is 15.2. The highest BCUT2D eigenvalue weighted by Crippen LogP contribution is 2.30. The van der Waals surface area contributed by atoms with Crippen molar-refractivity contribution < 1.29 is 4.79 Å². The molecule has 0 fully saturated rings. The normalized spacial score (nSPS) is 15.5. The lowest BCUT2D eigenvalue weighted by atomic mass is 9.93. The van der Waals surface area contributed by atoms with Crippen molar-refractivity contribution in [2.24, 2.45) is 0 Å². The molecule has 2 aromatic carbocycles. The van der Waals surface area contributed by atoms with Gasteiger partial charge in [0.15, 0.2) is 0 Å². The maximum Gasteiger partial charge on any atom is 0.261 e. The van der Waals surface area contributed by atoms with Crippen LogP contribution in [0.3, 0.4) is 0 Å². The van der Waals surface area contributed by atoms with Gasteiger partial charge in [0, 0.05) is 11.3 Å². The molecule has 4 aromatic rings. The number of carbonyl (C=O) groups excluding carboxylic acids is 1. The van der Waals surface area contributed by atoms with Crippen LogP contribution in [-0.4, -0.2) is 25.2 Å². The van der Waals surface area contributed by atoms with E-state index in [0.717, 1.165) is 31.4 Å². The molecule has 156 valence electrons. The number of benzene rings is 2. The van der Waals surface area contributed by atoms with Crippen molar-refractivity contribution >= 4 is 16.8 Å². The number of hydrogen-bond donors (Lipinski definition) is 1. The van der Waals surface area contributed by atoms with Crippen molar-refractivity contribution in [3.05, 3.63) is 94.3 Å². The zero-order chi connectivity index (χ0) is 21.2. The number of fused-ring (bicyclic) bond motifs is 2. The summed E-state index contributed by atoms with van der Waals surface area (Å²) in [6, 6.07) is 17.3. The fraction of sp³-hybridized carbons (Fsp3) is 0.250. The second-order valence-corrected chi connectivity index (χ2v) is 7.90. The van der Waals surface area contributed by atoms with Crippen molar-refractivity contribution in [2.45, 2.75) is 38.4 Å². The van der Waals surface area contributed by atoms with Gasteiger partial charge in [0.2, 0.25) is 5.91 Å². The van der Waals surface area contributed by atoms with E-state index >= 15 is 0 Å². The lowest BCUT2D eigenvalue weighted by molar-refractivity contribution is -0.122. The van der Waals surface area contributed by atoms with Crippen molar-refractivity contribution in [3.63, 3.8) is 0 Å². The van der Waals surface area contributed by atoms with E-state index in [2.05, 4.69) is 27.5 Å². The number of hydrogen-bond acceptors (Lipinski definition) is 4. The summed E-state index contributed by atoms with van der Waals surface area (Å²) >= 11 is 0. The van der Waals surface area contributed by atoms with Crippen LogP contribution in [0.1, 0.15) is 35.7 Å². The first-order valence-corrected chi connectivity index (χ1v) is 10.5. The molecule has 1 amide bonds. The summed E-state index contributed by atoms with van der Waals surface area (Å²) in [6.07, 6.45) is 6.10. The first kappa shape index (κ1) is 19.2. The van der Waals surface area contributed by atoms with E-state index in [1.165, 1.54) is 22.2 Å². The third-order valence-corrected chi connectivity index (χ3v) is 5.82. The third-order valence-electron chi connectivity index (χ3n) is 5.82. The number of aromatic nitrogens is 4. The average molecular weight is 413 g/mol. The minimum atomic E-state index is -0.208. The summed E-state index contributed by atoms with van der Waals surface area (Å²) in [5, 5.41) is 8.19. The molecule has 1 unspecified atom stereocenters. The van der Waals surface area contributed by atoms with Crippen LogP contribution in [0, 0.1) is 0 Å². The monoisotopic (exact) mass is 413 g/mol. The number of rotatable bonds is 5. The Morgan fingerprint density at radius 2 is 1.90 bits per heavy atom. The fourth-order valence-corrected chi connectivity index (χ4v) is 4.27. The Hall–Kier alpha value is -3.74. The fourth-order valence-electron chi connectivity index (χ4n) is 4.27. The Bertz CT molecular complexity index is 1290. The van der Waals surface area contributed by atoms with Gasteiger partial charge in [-0.1, -0.05) is 42.5 Å². The van der Waals surface area contributed by atoms with Crippen LogP contribution in [0.5, 0.6) is 0 Å². The van der Waals surface area contributed by atoms with Crippen LogP contribution >= 0.6 is 0 Å². The summed E-state index contributed by atoms with van der Waals surface area (Å²) in [4.78, 5) is 29.7. The number of carbonyl (C=O) groups is 1. The van der Waals surface area contributed by atoms with Crippen molar-refractivity contribution in [1.82, 2.24) is 24.6 Å².